The lowest BCUT2D eigenvalue weighted by molar-refractivity contribution is -0.124. The Morgan fingerprint density at radius 1 is 1.30 bits per heavy atom. The molecule has 0 bridgehead atoms. The molecule has 1 aromatic carbocycles. The zero-order chi connectivity index (χ0) is 14.4. The van der Waals surface area contributed by atoms with Gasteiger partial charge in [0, 0.05) is 6.04 Å². The second-order valence-corrected chi connectivity index (χ2v) is 5.39. The Hall–Kier alpha value is -1.86. The number of carbonyl (C=O) groups excluding carboxylic acids is 1. The highest BCUT2D eigenvalue weighted by molar-refractivity contribution is 5.81. The lowest BCUT2D eigenvalue weighted by Crippen LogP contribution is -2.41. The van der Waals surface area contributed by atoms with Gasteiger partial charge in [0.05, 0.1) is 12.2 Å². The van der Waals surface area contributed by atoms with E-state index in [0.717, 1.165) is 31.2 Å². The first kappa shape index (κ1) is 14.5. The van der Waals surface area contributed by atoms with Gasteiger partial charge in [-0.3, -0.25) is 4.79 Å². The van der Waals surface area contributed by atoms with Crippen molar-refractivity contribution in [3.63, 3.8) is 0 Å². The van der Waals surface area contributed by atoms with Crippen LogP contribution in [0.1, 0.15) is 31.2 Å². The third-order valence-corrected chi connectivity index (χ3v) is 3.80. The number of rotatable bonds is 4. The van der Waals surface area contributed by atoms with E-state index in [1.807, 2.05) is 30.3 Å². The van der Waals surface area contributed by atoms with Crippen LogP contribution in [0.25, 0.3) is 0 Å². The summed E-state index contributed by atoms with van der Waals surface area (Å²) in [6, 6.07) is 11.8. The lowest BCUT2D eigenvalue weighted by atomic mass is 9.92. The maximum Gasteiger partial charge on any atom is 0.237 e. The third kappa shape index (κ3) is 4.07. The second-order valence-electron chi connectivity index (χ2n) is 5.39. The molecule has 4 nitrogen and oxygen atoms in total. The van der Waals surface area contributed by atoms with E-state index in [4.69, 9.17) is 0 Å². The number of amides is 1. The Balaban J connectivity index is 1.88. The fourth-order valence-electron chi connectivity index (χ4n) is 2.57. The predicted octanol–water partition coefficient (Wildman–Crippen LogP) is 1.79. The summed E-state index contributed by atoms with van der Waals surface area (Å²) in [4.78, 5) is 12.1. The predicted molar refractivity (Wildman–Crippen MR) is 75.7 cm³/mol. The maximum atomic E-state index is 12.1. The molecule has 0 aromatic heterocycles. The van der Waals surface area contributed by atoms with Crippen molar-refractivity contribution in [3.05, 3.63) is 35.9 Å². The largest absolute Gasteiger partial charge is 0.393 e. The SMILES string of the molecule is N#CC(Cc1ccccc1)C(=O)NC1CCC(O)CC1. The summed E-state index contributed by atoms with van der Waals surface area (Å²) in [5.74, 6) is -0.845. The van der Waals surface area contributed by atoms with E-state index in [2.05, 4.69) is 11.4 Å². The van der Waals surface area contributed by atoms with Crippen LogP contribution >= 0.6 is 0 Å². The Kier molecular flexibility index (Phi) is 5.14. The third-order valence-electron chi connectivity index (χ3n) is 3.80. The number of nitrogens with zero attached hydrogens (tertiary/aromatic N) is 1. The first-order valence-corrected chi connectivity index (χ1v) is 7.11. The minimum atomic E-state index is -0.649. The summed E-state index contributed by atoms with van der Waals surface area (Å²) in [5.41, 5.74) is 0.994. The highest BCUT2D eigenvalue weighted by atomic mass is 16.3. The van der Waals surface area contributed by atoms with Crippen LogP contribution in [-0.2, 0) is 11.2 Å². The maximum absolute atomic E-state index is 12.1. The molecular formula is C16H20N2O2. The van der Waals surface area contributed by atoms with Gasteiger partial charge < -0.3 is 10.4 Å². The molecule has 106 valence electrons. The number of hydrogen-bond acceptors (Lipinski definition) is 3. The molecular weight excluding hydrogens is 252 g/mol. The van der Waals surface area contributed by atoms with Crippen molar-refractivity contribution in [2.75, 3.05) is 0 Å². The molecule has 1 aromatic rings. The topological polar surface area (TPSA) is 73.1 Å². The molecule has 0 heterocycles. The molecule has 4 heteroatoms. The van der Waals surface area contributed by atoms with E-state index in [1.165, 1.54) is 0 Å². The number of nitrogens with one attached hydrogen (secondary N) is 1. The van der Waals surface area contributed by atoms with Crippen molar-refractivity contribution in [1.29, 1.82) is 5.26 Å². The number of aliphatic hydroxyl groups excluding tert-OH is 1. The molecule has 2 N–H and O–H groups in total. The summed E-state index contributed by atoms with van der Waals surface area (Å²) in [6.45, 7) is 0. The van der Waals surface area contributed by atoms with E-state index in [0.29, 0.717) is 6.42 Å². The fraction of sp³-hybridized carbons (Fsp3) is 0.500. The first-order chi connectivity index (χ1) is 9.69. The van der Waals surface area contributed by atoms with Crippen molar-refractivity contribution in [1.82, 2.24) is 5.32 Å². The lowest BCUT2D eigenvalue weighted by Gasteiger charge is -2.26. The standard InChI is InChI=1S/C16H20N2O2/c17-11-13(10-12-4-2-1-3-5-12)16(20)18-14-6-8-15(19)9-7-14/h1-5,13-15,19H,6-10H2,(H,18,20). The van der Waals surface area contributed by atoms with E-state index in [1.54, 1.807) is 0 Å². The average Bonchev–Trinajstić information content (AvgIpc) is 2.48. The van der Waals surface area contributed by atoms with Crippen molar-refractivity contribution in [2.45, 2.75) is 44.2 Å². The van der Waals surface area contributed by atoms with Gasteiger partial charge in [-0.25, -0.2) is 0 Å². The van der Waals surface area contributed by atoms with Crippen molar-refractivity contribution >= 4 is 5.91 Å². The van der Waals surface area contributed by atoms with Crippen LogP contribution in [0.3, 0.4) is 0 Å². The van der Waals surface area contributed by atoms with Gasteiger partial charge in [-0.05, 0) is 37.7 Å². The number of carbonyl (C=O) groups is 1. The number of nitriles is 1. The van der Waals surface area contributed by atoms with Crippen LogP contribution < -0.4 is 5.32 Å². The second kappa shape index (κ2) is 7.06. The molecule has 1 aliphatic rings. The molecule has 1 saturated carbocycles. The minimum absolute atomic E-state index is 0.0949. The quantitative estimate of drug-likeness (QED) is 0.877. The summed E-state index contributed by atoms with van der Waals surface area (Å²) in [7, 11) is 0. The summed E-state index contributed by atoms with van der Waals surface area (Å²) in [5, 5.41) is 21.6. The monoisotopic (exact) mass is 272 g/mol. The van der Waals surface area contributed by atoms with Gasteiger partial charge in [-0.15, -0.1) is 0 Å². The molecule has 1 fully saturated rings. The van der Waals surface area contributed by atoms with Gasteiger partial charge in [0.15, 0.2) is 0 Å². The van der Waals surface area contributed by atoms with Crippen LogP contribution in [0.15, 0.2) is 30.3 Å². The van der Waals surface area contributed by atoms with Crippen LogP contribution in [0.5, 0.6) is 0 Å². The molecule has 1 atom stereocenters. The van der Waals surface area contributed by atoms with Crippen LogP contribution in [-0.4, -0.2) is 23.2 Å². The number of benzene rings is 1. The summed E-state index contributed by atoms with van der Waals surface area (Å²) in [6.07, 6.45) is 3.23. The van der Waals surface area contributed by atoms with Crippen LogP contribution in [0.2, 0.25) is 0 Å². The van der Waals surface area contributed by atoms with Crippen LogP contribution in [0, 0.1) is 17.2 Å². The molecule has 2 rings (SSSR count). The highest BCUT2D eigenvalue weighted by Crippen LogP contribution is 2.19. The zero-order valence-corrected chi connectivity index (χ0v) is 11.5. The van der Waals surface area contributed by atoms with E-state index >= 15 is 0 Å². The average molecular weight is 272 g/mol. The van der Waals surface area contributed by atoms with E-state index < -0.39 is 5.92 Å². The van der Waals surface area contributed by atoms with Gasteiger partial charge in [-0.2, -0.15) is 5.26 Å². The van der Waals surface area contributed by atoms with Gasteiger partial charge in [0.1, 0.15) is 5.92 Å². The molecule has 0 spiro atoms. The summed E-state index contributed by atoms with van der Waals surface area (Å²) >= 11 is 0. The van der Waals surface area contributed by atoms with Crippen molar-refractivity contribution in [2.24, 2.45) is 5.92 Å². The van der Waals surface area contributed by atoms with Gasteiger partial charge in [-0.1, -0.05) is 30.3 Å². The zero-order valence-electron chi connectivity index (χ0n) is 11.5. The van der Waals surface area contributed by atoms with Crippen LogP contribution in [0.4, 0.5) is 0 Å². The van der Waals surface area contributed by atoms with E-state index in [9.17, 15) is 15.2 Å². The Bertz CT molecular complexity index is 473. The molecule has 0 aliphatic heterocycles. The summed E-state index contributed by atoms with van der Waals surface area (Å²) < 4.78 is 0. The molecule has 0 radical (unpaired) electrons. The Labute approximate surface area is 119 Å². The molecule has 1 aliphatic carbocycles. The minimum Gasteiger partial charge on any atom is -0.393 e. The Morgan fingerprint density at radius 2 is 1.95 bits per heavy atom. The fourth-order valence-corrected chi connectivity index (χ4v) is 2.57. The number of aliphatic hydroxyl groups is 1. The van der Waals surface area contributed by atoms with E-state index in [-0.39, 0.29) is 18.1 Å². The highest BCUT2D eigenvalue weighted by Gasteiger charge is 2.24. The molecule has 1 amide bonds. The smallest absolute Gasteiger partial charge is 0.237 e. The number of hydrogen-bond donors (Lipinski definition) is 2. The Morgan fingerprint density at radius 3 is 2.55 bits per heavy atom. The van der Waals surface area contributed by atoms with Gasteiger partial charge in [0.25, 0.3) is 0 Å². The van der Waals surface area contributed by atoms with Gasteiger partial charge >= 0.3 is 0 Å². The molecule has 1 unspecified atom stereocenters. The molecule has 20 heavy (non-hydrogen) atoms. The normalized spacial score (nSPS) is 23.6. The van der Waals surface area contributed by atoms with Crippen molar-refractivity contribution < 1.29 is 9.90 Å². The first-order valence-electron chi connectivity index (χ1n) is 7.11. The van der Waals surface area contributed by atoms with Gasteiger partial charge in [0.2, 0.25) is 5.91 Å². The van der Waals surface area contributed by atoms with Crippen molar-refractivity contribution in [3.8, 4) is 6.07 Å². The molecule has 0 saturated heterocycles.